The van der Waals surface area contributed by atoms with Gasteiger partial charge in [-0.1, -0.05) is 24.3 Å². The predicted molar refractivity (Wildman–Crippen MR) is 54.1 cm³/mol. The van der Waals surface area contributed by atoms with Crippen LogP contribution in [0.25, 0.3) is 0 Å². The molecular weight excluding hydrogens is 260 g/mol. The second-order valence-corrected chi connectivity index (χ2v) is 3.80. The zero-order chi connectivity index (χ0) is 14.0. The SMILES string of the molecule is NCCc1ccc(C(C(F)(F)F)C(F)(F)F)cc1. The number of alkyl halides is 6. The van der Waals surface area contributed by atoms with Crippen LogP contribution in [0.2, 0.25) is 0 Å². The first-order valence-corrected chi connectivity index (χ1v) is 5.08. The number of halogens is 6. The van der Waals surface area contributed by atoms with Crippen molar-refractivity contribution in [2.24, 2.45) is 5.73 Å². The average Bonchev–Trinajstić information content (AvgIpc) is 2.17. The summed E-state index contributed by atoms with van der Waals surface area (Å²) in [6, 6.07) is 4.15. The van der Waals surface area contributed by atoms with Crippen molar-refractivity contribution in [3.05, 3.63) is 35.4 Å². The molecule has 0 aliphatic rings. The second-order valence-electron chi connectivity index (χ2n) is 3.80. The Morgan fingerprint density at radius 3 is 1.67 bits per heavy atom. The molecular formula is C11H11F6N. The molecule has 0 unspecified atom stereocenters. The summed E-state index contributed by atoms with van der Waals surface area (Å²) in [6.07, 6.45) is -10.3. The lowest BCUT2D eigenvalue weighted by Gasteiger charge is -2.23. The lowest BCUT2D eigenvalue weighted by atomic mass is 9.96. The molecule has 0 atom stereocenters. The standard InChI is InChI=1S/C11H11F6N/c12-10(13,14)9(11(15,16)17)8-3-1-7(2-4-8)5-6-18/h1-4,9H,5-6,18H2. The molecule has 102 valence electrons. The van der Waals surface area contributed by atoms with Crippen LogP contribution in [-0.4, -0.2) is 18.9 Å². The Morgan fingerprint density at radius 1 is 0.889 bits per heavy atom. The molecule has 0 radical (unpaired) electrons. The van der Waals surface area contributed by atoms with Crippen molar-refractivity contribution in [2.75, 3.05) is 6.54 Å². The fourth-order valence-corrected chi connectivity index (χ4v) is 1.61. The fraction of sp³-hybridized carbons (Fsp3) is 0.455. The number of benzene rings is 1. The maximum Gasteiger partial charge on any atom is 0.404 e. The van der Waals surface area contributed by atoms with E-state index in [1.807, 2.05) is 0 Å². The van der Waals surface area contributed by atoms with Crippen molar-refractivity contribution in [3.63, 3.8) is 0 Å². The molecule has 1 nitrogen and oxygen atoms in total. The molecule has 1 aromatic rings. The van der Waals surface area contributed by atoms with Crippen LogP contribution in [0.1, 0.15) is 17.0 Å². The van der Waals surface area contributed by atoms with Gasteiger partial charge in [-0.3, -0.25) is 0 Å². The molecule has 7 heteroatoms. The van der Waals surface area contributed by atoms with Crippen LogP contribution in [0.15, 0.2) is 24.3 Å². The Labute approximate surface area is 99.6 Å². The maximum atomic E-state index is 12.4. The van der Waals surface area contributed by atoms with Gasteiger partial charge in [0.2, 0.25) is 0 Å². The molecule has 0 amide bonds. The van der Waals surface area contributed by atoms with Crippen molar-refractivity contribution in [2.45, 2.75) is 24.7 Å². The quantitative estimate of drug-likeness (QED) is 0.838. The Hall–Kier alpha value is -1.24. The van der Waals surface area contributed by atoms with Gasteiger partial charge in [-0.25, -0.2) is 0 Å². The fourth-order valence-electron chi connectivity index (χ4n) is 1.61. The summed E-state index contributed by atoms with van der Waals surface area (Å²) in [7, 11) is 0. The molecule has 0 aliphatic heterocycles. The average molecular weight is 271 g/mol. The van der Waals surface area contributed by atoms with E-state index in [0.717, 1.165) is 12.1 Å². The third-order valence-corrected chi connectivity index (χ3v) is 2.40. The van der Waals surface area contributed by atoms with E-state index in [-0.39, 0.29) is 6.54 Å². The van der Waals surface area contributed by atoms with E-state index in [4.69, 9.17) is 5.73 Å². The molecule has 0 saturated carbocycles. The summed E-state index contributed by atoms with van der Waals surface area (Å²) in [6.45, 7) is 0.279. The number of rotatable bonds is 3. The number of nitrogens with two attached hydrogens (primary N) is 1. The van der Waals surface area contributed by atoms with Gasteiger partial charge in [0.15, 0.2) is 5.92 Å². The van der Waals surface area contributed by atoms with Crippen LogP contribution in [0.4, 0.5) is 26.3 Å². The molecule has 0 saturated heterocycles. The molecule has 1 rings (SSSR count). The molecule has 18 heavy (non-hydrogen) atoms. The number of hydrogen-bond donors (Lipinski definition) is 1. The van der Waals surface area contributed by atoms with Gasteiger partial charge in [-0.2, -0.15) is 26.3 Å². The Bertz CT molecular complexity index is 364. The van der Waals surface area contributed by atoms with E-state index in [9.17, 15) is 26.3 Å². The van der Waals surface area contributed by atoms with Gasteiger partial charge in [-0.15, -0.1) is 0 Å². The predicted octanol–water partition coefficient (Wildman–Crippen LogP) is 3.40. The highest BCUT2D eigenvalue weighted by Gasteiger charge is 2.57. The van der Waals surface area contributed by atoms with Crippen LogP contribution in [0.5, 0.6) is 0 Å². The minimum atomic E-state index is -5.35. The van der Waals surface area contributed by atoms with Crippen LogP contribution < -0.4 is 5.73 Å². The third kappa shape index (κ3) is 3.63. The van der Waals surface area contributed by atoms with E-state index < -0.39 is 23.8 Å². The monoisotopic (exact) mass is 271 g/mol. The summed E-state index contributed by atoms with van der Waals surface area (Å²) in [5.41, 5.74) is 5.03. The van der Waals surface area contributed by atoms with Gasteiger partial charge < -0.3 is 5.73 Å². The first-order valence-electron chi connectivity index (χ1n) is 5.08. The van der Waals surface area contributed by atoms with E-state index >= 15 is 0 Å². The summed E-state index contributed by atoms with van der Waals surface area (Å²) in [5, 5.41) is 0. The highest BCUT2D eigenvalue weighted by molar-refractivity contribution is 5.27. The van der Waals surface area contributed by atoms with Gasteiger partial charge in [0.25, 0.3) is 0 Å². The Morgan fingerprint density at radius 2 is 1.33 bits per heavy atom. The van der Waals surface area contributed by atoms with Crippen molar-refractivity contribution in [1.29, 1.82) is 0 Å². The van der Waals surface area contributed by atoms with Gasteiger partial charge in [0.1, 0.15) is 0 Å². The zero-order valence-electron chi connectivity index (χ0n) is 9.15. The van der Waals surface area contributed by atoms with E-state index in [1.165, 1.54) is 12.1 Å². The summed E-state index contributed by atoms with van der Waals surface area (Å²) >= 11 is 0. The molecule has 1 aromatic carbocycles. The normalized spacial score (nSPS) is 13.1. The van der Waals surface area contributed by atoms with Crippen molar-refractivity contribution < 1.29 is 26.3 Å². The van der Waals surface area contributed by atoms with Gasteiger partial charge in [0.05, 0.1) is 0 Å². The Balaban J connectivity index is 3.08. The second kappa shape index (κ2) is 5.17. The summed E-state index contributed by atoms with van der Waals surface area (Å²) in [4.78, 5) is 0. The highest BCUT2D eigenvalue weighted by Crippen LogP contribution is 2.46. The zero-order valence-corrected chi connectivity index (χ0v) is 9.15. The first kappa shape index (κ1) is 14.8. The molecule has 0 fully saturated rings. The smallest absolute Gasteiger partial charge is 0.330 e. The van der Waals surface area contributed by atoms with Crippen LogP contribution in [0.3, 0.4) is 0 Å². The van der Waals surface area contributed by atoms with E-state index in [0.29, 0.717) is 12.0 Å². The van der Waals surface area contributed by atoms with Gasteiger partial charge in [-0.05, 0) is 24.1 Å². The topological polar surface area (TPSA) is 26.0 Å². The largest absolute Gasteiger partial charge is 0.404 e. The summed E-state index contributed by atoms with van der Waals surface area (Å²) < 4.78 is 74.5. The van der Waals surface area contributed by atoms with Gasteiger partial charge >= 0.3 is 12.4 Å². The molecule has 0 bridgehead atoms. The molecule has 0 spiro atoms. The van der Waals surface area contributed by atoms with Crippen molar-refractivity contribution in [1.82, 2.24) is 0 Å². The molecule has 0 aromatic heterocycles. The van der Waals surface area contributed by atoms with E-state index in [2.05, 4.69) is 0 Å². The van der Waals surface area contributed by atoms with Crippen molar-refractivity contribution in [3.8, 4) is 0 Å². The van der Waals surface area contributed by atoms with Crippen LogP contribution >= 0.6 is 0 Å². The van der Waals surface area contributed by atoms with Crippen LogP contribution in [-0.2, 0) is 6.42 Å². The lowest BCUT2D eigenvalue weighted by Crippen LogP contribution is -2.34. The molecule has 0 aliphatic carbocycles. The molecule has 2 N–H and O–H groups in total. The highest BCUT2D eigenvalue weighted by atomic mass is 19.4. The van der Waals surface area contributed by atoms with Gasteiger partial charge in [0, 0.05) is 0 Å². The molecule has 0 heterocycles. The Kier molecular flexibility index (Phi) is 4.26. The number of hydrogen-bond acceptors (Lipinski definition) is 1. The van der Waals surface area contributed by atoms with Crippen LogP contribution in [0, 0.1) is 0 Å². The lowest BCUT2D eigenvalue weighted by molar-refractivity contribution is -0.253. The van der Waals surface area contributed by atoms with E-state index in [1.54, 1.807) is 0 Å². The minimum Gasteiger partial charge on any atom is -0.330 e. The first-order chi connectivity index (χ1) is 8.16. The third-order valence-electron chi connectivity index (χ3n) is 2.40. The minimum absolute atomic E-state index is 0.279. The maximum absolute atomic E-state index is 12.4. The van der Waals surface area contributed by atoms with Crippen molar-refractivity contribution >= 4 is 0 Å². The summed E-state index contributed by atoms with van der Waals surface area (Å²) in [5.74, 6) is -3.45.